The standard InChI is InChI=1S/C30H28O7/c1-13(2)16-11-17-24(33)21-18(31)12-19-14(7-9-29(3,4)36-19)26(21)35-27(17)22-20(16)25(34)28-15(23(22)32)8-10-30(5,6)37-28/h7-10,12,16,31-32,34H,1,11H2,2-6H3/t16-/m1/s1. The summed E-state index contributed by atoms with van der Waals surface area (Å²) in [6, 6.07) is 1.43. The lowest BCUT2D eigenvalue weighted by molar-refractivity contribution is 0.151. The number of hydrogen-bond donors (Lipinski definition) is 3. The molecule has 0 saturated heterocycles. The van der Waals surface area contributed by atoms with E-state index in [0.29, 0.717) is 33.6 Å². The molecule has 2 aromatic carbocycles. The Kier molecular flexibility index (Phi) is 4.54. The van der Waals surface area contributed by atoms with Crippen LogP contribution >= 0.6 is 0 Å². The highest BCUT2D eigenvalue weighted by atomic mass is 16.5. The third-order valence-electron chi connectivity index (χ3n) is 7.34. The highest BCUT2D eigenvalue weighted by Crippen LogP contribution is 2.57. The van der Waals surface area contributed by atoms with Gasteiger partial charge in [-0.15, -0.1) is 0 Å². The van der Waals surface area contributed by atoms with Crippen molar-refractivity contribution in [2.24, 2.45) is 0 Å². The maximum atomic E-state index is 13.9. The van der Waals surface area contributed by atoms with Crippen LogP contribution in [0.1, 0.15) is 62.8 Å². The summed E-state index contributed by atoms with van der Waals surface area (Å²) in [5.41, 5.74) is 0.868. The van der Waals surface area contributed by atoms with Gasteiger partial charge in [0, 0.05) is 23.1 Å². The predicted octanol–water partition coefficient (Wildman–Crippen LogP) is 6.16. The van der Waals surface area contributed by atoms with E-state index in [1.165, 1.54) is 6.07 Å². The van der Waals surface area contributed by atoms with Crippen molar-refractivity contribution >= 4 is 23.1 Å². The molecule has 7 nitrogen and oxygen atoms in total. The second-order valence-electron chi connectivity index (χ2n) is 11.2. The van der Waals surface area contributed by atoms with Gasteiger partial charge in [0.1, 0.15) is 39.6 Å². The van der Waals surface area contributed by atoms with E-state index in [1.807, 2.05) is 33.8 Å². The molecule has 0 spiro atoms. The van der Waals surface area contributed by atoms with Crippen molar-refractivity contribution in [1.82, 2.24) is 0 Å². The van der Waals surface area contributed by atoms with Crippen LogP contribution in [0.25, 0.3) is 34.4 Å². The van der Waals surface area contributed by atoms with E-state index in [-0.39, 0.29) is 51.7 Å². The average molecular weight is 501 g/mol. The third kappa shape index (κ3) is 3.23. The van der Waals surface area contributed by atoms with Crippen LogP contribution in [-0.2, 0) is 6.42 Å². The van der Waals surface area contributed by atoms with Crippen LogP contribution in [0.4, 0.5) is 0 Å². The van der Waals surface area contributed by atoms with E-state index in [9.17, 15) is 20.1 Å². The van der Waals surface area contributed by atoms with Gasteiger partial charge in [0.05, 0.1) is 16.7 Å². The van der Waals surface area contributed by atoms with Gasteiger partial charge in [-0.3, -0.25) is 4.79 Å². The molecule has 6 rings (SSSR count). The summed E-state index contributed by atoms with van der Waals surface area (Å²) < 4.78 is 18.4. The lowest BCUT2D eigenvalue weighted by Crippen LogP contribution is -2.28. The number of fused-ring (bicyclic) bond motifs is 7. The minimum Gasteiger partial charge on any atom is -0.507 e. The molecule has 0 bridgehead atoms. The zero-order valence-corrected chi connectivity index (χ0v) is 21.4. The Morgan fingerprint density at radius 1 is 1.00 bits per heavy atom. The quantitative estimate of drug-likeness (QED) is 0.271. The fraction of sp³-hybridized carbons (Fsp3) is 0.300. The monoisotopic (exact) mass is 500 g/mol. The molecule has 2 aliphatic heterocycles. The van der Waals surface area contributed by atoms with Gasteiger partial charge in [-0.1, -0.05) is 12.2 Å². The Morgan fingerprint density at radius 3 is 2.32 bits per heavy atom. The van der Waals surface area contributed by atoms with Crippen molar-refractivity contribution in [2.75, 3.05) is 0 Å². The number of benzene rings is 2. The van der Waals surface area contributed by atoms with Gasteiger partial charge in [0.2, 0.25) is 0 Å². The molecule has 7 heteroatoms. The van der Waals surface area contributed by atoms with Gasteiger partial charge in [-0.2, -0.15) is 0 Å². The summed E-state index contributed by atoms with van der Waals surface area (Å²) in [6.07, 6.45) is 7.31. The molecule has 1 aromatic heterocycles. The van der Waals surface area contributed by atoms with Crippen LogP contribution < -0.4 is 14.9 Å². The Hall–Kier alpha value is -4.13. The van der Waals surface area contributed by atoms with Gasteiger partial charge in [-0.05, 0) is 65.3 Å². The van der Waals surface area contributed by atoms with Crippen molar-refractivity contribution < 1.29 is 29.2 Å². The largest absolute Gasteiger partial charge is 0.507 e. The molecule has 1 atom stereocenters. The number of rotatable bonds is 1. The molecule has 3 aromatic rings. The summed E-state index contributed by atoms with van der Waals surface area (Å²) in [6.45, 7) is 13.4. The molecule has 190 valence electrons. The summed E-state index contributed by atoms with van der Waals surface area (Å²) in [7, 11) is 0. The Labute approximate surface area is 213 Å². The van der Waals surface area contributed by atoms with Gasteiger partial charge in [-0.25, -0.2) is 0 Å². The second kappa shape index (κ2) is 7.22. The van der Waals surface area contributed by atoms with Crippen LogP contribution in [0.15, 0.2) is 39.6 Å². The highest BCUT2D eigenvalue weighted by Gasteiger charge is 2.40. The lowest BCUT2D eigenvalue weighted by Gasteiger charge is -2.34. The summed E-state index contributed by atoms with van der Waals surface area (Å²) in [5, 5.41) is 33.9. The smallest absolute Gasteiger partial charge is 0.200 e. The van der Waals surface area contributed by atoms with E-state index in [0.717, 1.165) is 0 Å². The van der Waals surface area contributed by atoms with Crippen LogP contribution in [0, 0.1) is 0 Å². The summed E-state index contributed by atoms with van der Waals surface area (Å²) in [5.74, 6) is -0.311. The van der Waals surface area contributed by atoms with Gasteiger partial charge in [0.15, 0.2) is 22.5 Å². The Morgan fingerprint density at radius 2 is 1.65 bits per heavy atom. The zero-order valence-electron chi connectivity index (χ0n) is 21.4. The molecule has 0 amide bonds. The molecule has 0 radical (unpaired) electrons. The molecule has 1 aliphatic carbocycles. The lowest BCUT2D eigenvalue weighted by atomic mass is 9.76. The molecular weight excluding hydrogens is 472 g/mol. The first-order valence-electron chi connectivity index (χ1n) is 12.2. The van der Waals surface area contributed by atoms with E-state index in [4.69, 9.17) is 13.9 Å². The van der Waals surface area contributed by atoms with Crippen molar-refractivity contribution in [1.29, 1.82) is 0 Å². The zero-order chi connectivity index (χ0) is 26.6. The summed E-state index contributed by atoms with van der Waals surface area (Å²) >= 11 is 0. The van der Waals surface area contributed by atoms with Crippen LogP contribution in [0.2, 0.25) is 0 Å². The average Bonchev–Trinajstić information content (AvgIpc) is 2.80. The molecular formula is C30H28O7. The number of allylic oxidation sites excluding steroid dienone is 1. The molecule has 3 N–H and O–H groups in total. The van der Waals surface area contributed by atoms with E-state index < -0.39 is 22.5 Å². The van der Waals surface area contributed by atoms with Crippen molar-refractivity contribution in [3.63, 3.8) is 0 Å². The Balaban J connectivity index is 1.74. The first kappa shape index (κ1) is 23.3. The molecule has 37 heavy (non-hydrogen) atoms. The van der Waals surface area contributed by atoms with Gasteiger partial charge in [0.25, 0.3) is 0 Å². The minimum atomic E-state index is -0.685. The van der Waals surface area contributed by atoms with E-state index in [2.05, 4.69) is 6.58 Å². The SMILES string of the molecule is C=C(C)[C@H]1Cc2c(oc3c4c(cc(O)c3c2=O)OC(C)(C)C=C4)-c2c(O)c3c(c(O)c21)OC(C)(C)C=C3. The Bertz CT molecular complexity index is 1680. The fourth-order valence-corrected chi connectivity index (χ4v) is 5.48. The molecule has 0 saturated carbocycles. The highest BCUT2D eigenvalue weighted by molar-refractivity contribution is 5.97. The number of aromatic hydroxyl groups is 3. The third-order valence-corrected chi connectivity index (χ3v) is 7.34. The maximum Gasteiger partial charge on any atom is 0.200 e. The molecule has 0 unspecified atom stereocenters. The first-order valence-corrected chi connectivity index (χ1v) is 12.2. The number of ether oxygens (including phenoxy) is 2. The first-order chi connectivity index (χ1) is 17.3. The number of phenolic OH excluding ortho intramolecular Hbond substituents is 3. The van der Waals surface area contributed by atoms with E-state index >= 15 is 0 Å². The summed E-state index contributed by atoms with van der Waals surface area (Å²) in [4.78, 5) is 13.9. The number of phenols is 3. The molecule has 3 heterocycles. The van der Waals surface area contributed by atoms with Crippen LogP contribution in [0.3, 0.4) is 0 Å². The predicted molar refractivity (Wildman–Crippen MR) is 142 cm³/mol. The molecule has 3 aliphatic rings. The van der Waals surface area contributed by atoms with E-state index in [1.54, 1.807) is 25.2 Å². The van der Waals surface area contributed by atoms with Crippen molar-refractivity contribution in [3.8, 4) is 40.1 Å². The van der Waals surface area contributed by atoms with Gasteiger partial charge >= 0.3 is 0 Å². The van der Waals surface area contributed by atoms with Crippen LogP contribution in [0.5, 0.6) is 28.7 Å². The van der Waals surface area contributed by atoms with Crippen molar-refractivity contribution in [3.05, 3.63) is 62.8 Å². The molecule has 0 fully saturated rings. The normalized spacial score (nSPS) is 19.8. The van der Waals surface area contributed by atoms with Gasteiger partial charge < -0.3 is 29.2 Å². The fourth-order valence-electron chi connectivity index (χ4n) is 5.48. The second-order valence-corrected chi connectivity index (χ2v) is 11.2. The van der Waals surface area contributed by atoms with Crippen molar-refractivity contribution in [2.45, 2.75) is 58.2 Å². The minimum absolute atomic E-state index is 0.0426. The maximum absolute atomic E-state index is 13.9. The van der Waals surface area contributed by atoms with Crippen LogP contribution in [-0.4, -0.2) is 26.5 Å². The topological polar surface area (TPSA) is 109 Å². The number of hydrogen-bond acceptors (Lipinski definition) is 7.